The van der Waals surface area contributed by atoms with Gasteiger partial charge >= 0.3 is 0 Å². The van der Waals surface area contributed by atoms with Crippen LogP contribution in [0.4, 0.5) is 0 Å². The third kappa shape index (κ3) is 5.66. The van der Waals surface area contributed by atoms with Gasteiger partial charge in [0.15, 0.2) is 13.2 Å². The van der Waals surface area contributed by atoms with Gasteiger partial charge in [0.05, 0.1) is 25.5 Å². The van der Waals surface area contributed by atoms with Crippen LogP contribution >= 0.6 is 0 Å². The molecule has 0 amide bonds. The Hall–Kier alpha value is -3.68. The van der Waals surface area contributed by atoms with Crippen molar-refractivity contribution < 1.29 is 19.9 Å². The van der Waals surface area contributed by atoms with Gasteiger partial charge in [0.1, 0.15) is 11.5 Å². The maximum Gasteiger partial charge on any atom is 0.153 e. The molecule has 0 saturated carbocycles. The average Bonchev–Trinajstić information content (AvgIpc) is 2.71. The van der Waals surface area contributed by atoms with Crippen molar-refractivity contribution >= 4 is 24.9 Å². The zero-order valence-electron chi connectivity index (χ0n) is 16.9. The van der Waals surface area contributed by atoms with Gasteiger partial charge in [-0.05, 0) is 49.2 Å². The van der Waals surface area contributed by atoms with E-state index in [1.807, 2.05) is 26.0 Å². The summed E-state index contributed by atoms with van der Waals surface area (Å²) in [6.07, 6.45) is 6.11. The predicted molar refractivity (Wildman–Crippen MR) is 118 cm³/mol. The molecule has 2 aromatic rings. The van der Waals surface area contributed by atoms with Crippen LogP contribution in [0.3, 0.4) is 0 Å². The summed E-state index contributed by atoms with van der Waals surface area (Å²) in [6.45, 7) is 5.06. The number of hydrogen-bond acceptors (Lipinski definition) is 8. The maximum atomic E-state index is 10.4. The number of benzene rings is 2. The molecule has 2 aromatic carbocycles. The van der Waals surface area contributed by atoms with Crippen LogP contribution in [0.15, 0.2) is 44.6 Å². The van der Waals surface area contributed by atoms with Crippen molar-refractivity contribution in [2.45, 2.75) is 13.8 Å². The van der Waals surface area contributed by atoms with Crippen LogP contribution in [0, 0.1) is 13.8 Å². The van der Waals surface area contributed by atoms with E-state index < -0.39 is 0 Å². The Morgan fingerprint density at radius 2 is 1.00 bits per heavy atom. The molecule has 1 heterocycles. The summed E-state index contributed by atoms with van der Waals surface area (Å²) in [5.74, 6) is 0.153. The van der Waals surface area contributed by atoms with E-state index in [2.05, 4.69) is 20.3 Å². The fourth-order valence-corrected chi connectivity index (χ4v) is 2.87. The Bertz CT molecular complexity index is 931. The van der Waals surface area contributed by atoms with Crippen LogP contribution in [0.25, 0.3) is 0 Å². The summed E-state index contributed by atoms with van der Waals surface area (Å²) in [5.41, 5.74) is 4.17. The minimum atomic E-state index is 0.0765. The third-order valence-corrected chi connectivity index (χ3v) is 4.24. The molecule has 1 aliphatic rings. The highest BCUT2D eigenvalue weighted by molar-refractivity contribution is 5.93. The summed E-state index contributed by atoms with van der Waals surface area (Å²) in [6, 6.07) is 7.28. The molecular weight excluding hydrogens is 384 g/mol. The maximum absolute atomic E-state index is 10.4. The first-order chi connectivity index (χ1) is 14.5. The van der Waals surface area contributed by atoms with Gasteiger partial charge in [0.25, 0.3) is 0 Å². The Labute approximate surface area is 174 Å². The first-order valence-electron chi connectivity index (χ1n) is 9.52. The van der Waals surface area contributed by atoms with Crippen LogP contribution < -0.4 is 0 Å². The van der Waals surface area contributed by atoms with E-state index >= 15 is 0 Å². The molecule has 3 rings (SSSR count). The summed E-state index contributed by atoms with van der Waals surface area (Å²) in [5, 5.41) is 28.6. The molecule has 4 bridgehead atoms. The highest BCUT2D eigenvalue weighted by Crippen LogP contribution is 2.23. The molecule has 0 radical (unpaired) electrons. The smallest absolute Gasteiger partial charge is 0.153 e. The third-order valence-electron chi connectivity index (χ3n) is 4.24. The van der Waals surface area contributed by atoms with Gasteiger partial charge < -0.3 is 19.9 Å². The summed E-state index contributed by atoms with van der Waals surface area (Å²) in [4.78, 5) is 19.0. The molecule has 1 aliphatic heterocycles. The number of phenols is 2. The molecule has 8 nitrogen and oxygen atoms in total. The lowest BCUT2D eigenvalue weighted by Crippen LogP contribution is -1.99. The number of aliphatic imine (C=N–C) groups is 2. The highest BCUT2D eigenvalue weighted by Gasteiger charge is 2.07. The zero-order valence-corrected chi connectivity index (χ0v) is 16.9. The summed E-state index contributed by atoms with van der Waals surface area (Å²) < 4.78 is 0. The monoisotopic (exact) mass is 408 g/mol. The molecule has 156 valence electrons. The minimum absolute atomic E-state index is 0.0765. The molecule has 30 heavy (non-hydrogen) atoms. The van der Waals surface area contributed by atoms with Gasteiger partial charge in [-0.15, -0.1) is 0 Å². The van der Waals surface area contributed by atoms with Crippen LogP contribution in [0.2, 0.25) is 0 Å². The first-order valence-corrected chi connectivity index (χ1v) is 9.52. The molecule has 0 unspecified atom stereocenters. The highest BCUT2D eigenvalue weighted by atomic mass is 16.7. The van der Waals surface area contributed by atoms with E-state index in [9.17, 15) is 10.2 Å². The molecule has 0 spiro atoms. The van der Waals surface area contributed by atoms with Crippen LogP contribution in [0.5, 0.6) is 11.5 Å². The van der Waals surface area contributed by atoms with E-state index in [0.717, 1.165) is 11.1 Å². The fraction of sp³-hybridized carbons (Fsp3) is 0.273. The summed E-state index contributed by atoms with van der Waals surface area (Å²) in [7, 11) is 0. The lowest BCUT2D eigenvalue weighted by atomic mass is 10.1. The topological polar surface area (TPSA) is 108 Å². The minimum Gasteiger partial charge on any atom is -0.507 e. The number of fused-ring (bicyclic) bond motifs is 4. The quantitative estimate of drug-likeness (QED) is 0.698. The summed E-state index contributed by atoms with van der Waals surface area (Å²) >= 11 is 0. The van der Waals surface area contributed by atoms with E-state index in [-0.39, 0.29) is 24.7 Å². The van der Waals surface area contributed by atoms with Crippen molar-refractivity contribution in [3.8, 4) is 11.5 Å². The number of hydrogen-bond donors (Lipinski definition) is 2. The molecule has 0 saturated heterocycles. The van der Waals surface area contributed by atoms with Crippen LogP contribution in [-0.2, 0) is 9.68 Å². The van der Waals surface area contributed by atoms with Crippen molar-refractivity contribution in [1.29, 1.82) is 0 Å². The Morgan fingerprint density at radius 1 is 0.633 bits per heavy atom. The van der Waals surface area contributed by atoms with Gasteiger partial charge in [-0.3, -0.25) is 9.98 Å². The second-order valence-electron chi connectivity index (χ2n) is 6.79. The van der Waals surface area contributed by atoms with Gasteiger partial charge in [0, 0.05) is 34.7 Å². The van der Waals surface area contributed by atoms with Crippen molar-refractivity contribution in [3.05, 3.63) is 57.6 Å². The van der Waals surface area contributed by atoms with E-state index in [0.29, 0.717) is 35.3 Å². The van der Waals surface area contributed by atoms with E-state index in [4.69, 9.17) is 9.68 Å². The van der Waals surface area contributed by atoms with Crippen molar-refractivity contribution in [1.82, 2.24) is 0 Å². The number of aryl methyl sites for hydroxylation is 2. The largest absolute Gasteiger partial charge is 0.507 e. The SMILES string of the molecule is Cc1cc2c(O)c(c1)/C=N/OCCO/N=C/c1cc(C)cc(c1O)C=NCCN=C2. The second kappa shape index (κ2) is 10.2. The van der Waals surface area contributed by atoms with Gasteiger partial charge in [-0.2, -0.15) is 0 Å². The van der Waals surface area contributed by atoms with Crippen molar-refractivity contribution in [3.63, 3.8) is 0 Å². The lowest BCUT2D eigenvalue weighted by Gasteiger charge is -2.06. The Morgan fingerprint density at radius 3 is 1.40 bits per heavy atom. The van der Waals surface area contributed by atoms with Gasteiger partial charge in [-0.1, -0.05) is 10.3 Å². The number of phenolic OH excluding ortho intramolecular Hbond substituents is 2. The van der Waals surface area contributed by atoms with Gasteiger partial charge in [-0.25, -0.2) is 0 Å². The van der Waals surface area contributed by atoms with E-state index in [1.54, 1.807) is 24.6 Å². The molecule has 8 heteroatoms. The van der Waals surface area contributed by atoms with Crippen LogP contribution in [-0.4, -0.2) is 61.4 Å². The second-order valence-corrected chi connectivity index (χ2v) is 6.79. The lowest BCUT2D eigenvalue weighted by molar-refractivity contribution is 0.0553. The molecule has 0 aliphatic carbocycles. The average molecular weight is 408 g/mol. The number of oxime groups is 2. The number of rotatable bonds is 0. The first kappa shape index (κ1) is 21.0. The molecular formula is C22H24N4O4. The number of nitrogens with zero attached hydrogens (tertiary/aromatic N) is 4. The van der Waals surface area contributed by atoms with E-state index in [1.165, 1.54) is 12.4 Å². The van der Waals surface area contributed by atoms with Gasteiger partial charge in [0.2, 0.25) is 0 Å². The van der Waals surface area contributed by atoms with Crippen molar-refractivity contribution in [2.75, 3.05) is 26.3 Å². The molecule has 0 atom stereocenters. The predicted octanol–water partition coefficient (Wildman–Crippen LogP) is 2.97. The zero-order chi connectivity index (χ0) is 21.3. The Balaban J connectivity index is 1.85. The molecule has 0 fully saturated rings. The molecule has 0 aromatic heterocycles. The normalized spacial score (nSPS) is 16.9. The number of aromatic hydroxyl groups is 2. The van der Waals surface area contributed by atoms with Crippen LogP contribution in [0.1, 0.15) is 33.4 Å². The standard InChI is InChI=1S/C22H24N4O4/c1-15-7-17-11-23-3-4-24-12-18-8-16(2)10-20(22(18)28)14-26-30-6-5-29-25-13-19(9-15)21(17)27/h7-14,27-28H,3-6H2,1-2H3/b23-11?,24-12?,25-13+,26-14+. The Kier molecular flexibility index (Phi) is 7.15. The fourth-order valence-electron chi connectivity index (χ4n) is 2.87. The van der Waals surface area contributed by atoms with Crippen molar-refractivity contribution in [2.24, 2.45) is 20.3 Å². The molecule has 2 N–H and O–H groups in total.